The van der Waals surface area contributed by atoms with E-state index in [2.05, 4.69) is 5.32 Å². The summed E-state index contributed by atoms with van der Waals surface area (Å²) in [5, 5.41) is 2.74. The minimum Gasteiger partial charge on any atom is -0.355 e. The van der Waals surface area contributed by atoms with Gasteiger partial charge in [0.1, 0.15) is 0 Å². The Morgan fingerprint density at radius 3 is 2.54 bits per heavy atom. The van der Waals surface area contributed by atoms with Crippen LogP contribution in [0.25, 0.3) is 0 Å². The van der Waals surface area contributed by atoms with Gasteiger partial charge in [0.15, 0.2) is 0 Å². The molecule has 13 heavy (non-hydrogen) atoms. The van der Waals surface area contributed by atoms with Gasteiger partial charge in [0.25, 0.3) is 0 Å². The van der Waals surface area contributed by atoms with E-state index in [1.807, 2.05) is 0 Å². The molecule has 0 atom stereocenters. The molecule has 0 radical (unpaired) electrons. The third-order valence-electron chi connectivity index (χ3n) is 2.58. The molecule has 1 aliphatic rings. The van der Waals surface area contributed by atoms with Crippen LogP contribution in [0.1, 0.15) is 32.1 Å². The molecule has 0 bridgehead atoms. The molecule has 76 valence electrons. The average Bonchev–Trinajstić information content (AvgIpc) is 2.48. The van der Waals surface area contributed by atoms with Crippen molar-refractivity contribution >= 4 is 5.91 Å². The molecule has 0 saturated heterocycles. The fraction of sp³-hybridized carbons (Fsp3) is 0.889. The highest BCUT2D eigenvalue weighted by molar-refractivity contribution is 5.77. The first-order valence-electron chi connectivity index (χ1n) is 4.92. The van der Waals surface area contributed by atoms with Crippen LogP contribution in [-0.2, 0) is 4.79 Å². The second kappa shape index (κ2) is 4.58. The monoisotopic (exact) mass is 185 g/mol. The summed E-state index contributed by atoms with van der Waals surface area (Å²) in [5.74, 6) is 0.0369. The molecule has 0 aliphatic heterocycles. The summed E-state index contributed by atoms with van der Waals surface area (Å²) in [6, 6.07) is 0. The first-order valence-corrected chi connectivity index (χ1v) is 4.92. The van der Waals surface area contributed by atoms with Crippen molar-refractivity contribution in [2.45, 2.75) is 37.6 Å². The summed E-state index contributed by atoms with van der Waals surface area (Å²) in [7, 11) is 0. The second-order valence-corrected chi connectivity index (χ2v) is 3.88. The van der Waals surface area contributed by atoms with Crippen LogP contribution in [0.4, 0.5) is 0 Å². The highest BCUT2D eigenvalue weighted by atomic mass is 16.1. The van der Waals surface area contributed by atoms with Crippen molar-refractivity contribution in [3.63, 3.8) is 0 Å². The maximum atomic E-state index is 11.3. The summed E-state index contributed by atoms with van der Waals surface area (Å²) in [5.41, 5.74) is 11.1. The number of nitrogens with two attached hydrogens (primary N) is 2. The summed E-state index contributed by atoms with van der Waals surface area (Å²) in [6.07, 6.45) is 4.71. The van der Waals surface area contributed by atoms with Crippen molar-refractivity contribution in [1.82, 2.24) is 5.32 Å². The standard InChI is InChI=1S/C9H19N3O/c10-5-6-12-8(13)7-9(11)3-1-2-4-9/h1-7,10-11H2,(H,12,13). The lowest BCUT2D eigenvalue weighted by molar-refractivity contribution is -0.122. The molecule has 0 aromatic carbocycles. The van der Waals surface area contributed by atoms with Crippen molar-refractivity contribution < 1.29 is 4.79 Å². The van der Waals surface area contributed by atoms with Crippen LogP contribution in [0, 0.1) is 0 Å². The number of nitrogens with one attached hydrogen (secondary N) is 1. The maximum Gasteiger partial charge on any atom is 0.221 e. The molecule has 0 unspecified atom stereocenters. The lowest BCUT2D eigenvalue weighted by Gasteiger charge is -2.22. The van der Waals surface area contributed by atoms with Gasteiger partial charge in [0.2, 0.25) is 5.91 Å². The fourth-order valence-corrected chi connectivity index (χ4v) is 1.85. The highest BCUT2D eigenvalue weighted by Crippen LogP contribution is 2.29. The van der Waals surface area contributed by atoms with Gasteiger partial charge in [-0.1, -0.05) is 12.8 Å². The van der Waals surface area contributed by atoms with Gasteiger partial charge in [-0.15, -0.1) is 0 Å². The number of amides is 1. The van der Waals surface area contributed by atoms with Gasteiger partial charge >= 0.3 is 0 Å². The van der Waals surface area contributed by atoms with Crippen LogP contribution >= 0.6 is 0 Å². The molecule has 0 spiro atoms. The van der Waals surface area contributed by atoms with Crippen molar-refractivity contribution in [3.05, 3.63) is 0 Å². The van der Waals surface area contributed by atoms with E-state index in [-0.39, 0.29) is 11.4 Å². The molecule has 4 heteroatoms. The van der Waals surface area contributed by atoms with Crippen LogP contribution in [0.5, 0.6) is 0 Å². The van der Waals surface area contributed by atoms with Crippen molar-refractivity contribution in [3.8, 4) is 0 Å². The summed E-state index contributed by atoms with van der Waals surface area (Å²) < 4.78 is 0. The second-order valence-electron chi connectivity index (χ2n) is 3.88. The van der Waals surface area contributed by atoms with Gasteiger partial charge in [-0.3, -0.25) is 4.79 Å². The zero-order chi connectivity index (χ0) is 9.73. The molecule has 1 rings (SSSR count). The molecule has 1 aliphatic carbocycles. The van der Waals surface area contributed by atoms with Crippen LogP contribution in [0.3, 0.4) is 0 Å². The lowest BCUT2D eigenvalue weighted by Crippen LogP contribution is -2.42. The predicted octanol–water partition coefficient (Wildman–Crippen LogP) is -0.277. The molecule has 4 nitrogen and oxygen atoms in total. The van der Waals surface area contributed by atoms with E-state index in [9.17, 15) is 4.79 Å². The number of rotatable bonds is 4. The Bertz CT molecular complexity index is 176. The molecule has 1 amide bonds. The third kappa shape index (κ3) is 3.32. The molecule has 1 saturated carbocycles. The SMILES string of the molecule is NCCNC(=O)CC1(N)CCCC1. The Morgan fingerprint density at radius 1 is 1.38 bits per heavy atom. The van der Waals surface area contributed by atoms with Crippen molar-refractivity contribution in [1.29, 1.82) is 0 Å². The van der Waals surface area contributed by atoms with E-state index < -0.39 is 0 Å². The minimum atomic E-state index is -0.237. The zero-order valence-corrected chi connectivity index (χ0v) is 8.01. The topological polar surface area (TPSA) is 81.1 Å². The first-order chi connectivity index (χ1) is 6.16. The molecule has 1 fully saturated rings. The Hall–Kier alpha value is -0.610. The first kappa shape index (κ1) is 10.5. The van der Waals surface area contributed by atoms with Gasteiger partial charge in [0, 0.05) is 25.0 Å². The van der Waals surface area contributed by atoms with Crippen molar-refractivity contribution in [2.24, 2.45) is 11.5 Å². The predicted molar refractivity (Wildman–Crippen MR) is 52.1 cm³/mol. The molecule has 5 N–H and O–H groups in total. The fourth-order valence-electron chi connectivity index (χ4n) is 1.85. The Labute approximate surface area is 79.0 Å². The number of carbonyl (C=O) groups is 1. The summed E-state index contributed by atoms with van der Waals surface area (Å²) in [6.45, 7) is 1.04. The van der Waals surface area contributed by atoms with E-state index in [1.54, 1.807) is 0 Å². The van der Waals surface area contributed by atoms with Crippen LogP contribution in [0.2, 0.25) is 0 Å². The van der Waals surface area contributed by atoms with Crippen LogP contribution in [-0.4, -0.2) is 24.5 Å². The normalized spacial score (nSPS) is 20.2. The van der Waals surface area contributed by atoms with Gasteiger partial charge in [0.05, 0.1) is 0 Å². The Kier molecular flexibility index (Phi) is 3.69. The molecular formula is C9H19N3O. The number of hydrogen-bond acceptors (Lipinski definition) is 3. The summed E-state index contributed by atoms with van der Waals surface area (Å²) >= 11 is 0. The molecule has 0 aromatic rings. The highest BCUT2D eigenvalue weighted by Gasteiger charge is 2.31. The average molecular weight is 185 g/mol. The molecule has 0 aromatic heterocycles. The van der Waals surface area contributed by atoms with Gasteiger partial charge < -0.3 is 16.8 Å². The maximum absolute atomic E-state index is 11.3. The van der Waals surface area contributed by atoms with Crippen LogP contribution in [0.15, 0.2) is 0 Å². The van der Waals surface area contributed by atoms with Crippen molar-refractivity contribution in [2.75, 3.05) is 13.1 Å². The largest absolute Gasteiger partial charge is 0.355 e. The van der Waals surface area contributed by atoms with Crippen LogP contribution < -0.4 is 16.8 Å². The summed E-state index contributed by atoms with van der Waals surface area (Å²) in [4.78, 5) is 11.3. The van der Waals surface area contributed by atoms with E-state index >= 15 is 0 Å². The smallest absolute Gasteiger partial charge is 0.221 e. The van der Waals surface area contributed by atoms with Gasteiger partial charge in [-0.05, 0) is 12.8 Å². The zero-order valence-electron chi connectivity index (χ0n) is 8.01. The molecule has 0 heterocycles. The third-order valence-corrected chi connectivity index (χ3v) is 2.58. The van der Waals surface area contributed by atoms with E-state index in [1.165, 1.54) is 0 Å². The quantitative estimate of drug-likeness (QED) is 0.563. The molecular weight excluding hydrogens is 166 g/mol. The Morgan fingerprint density at radius 2 is 2.00 bits per heavy atom. The Balaban J connectivity index is 2.26. The lowest BCUT2D eigenvalue weighted by atomic mass is 9.94. The van der Waals surface area contributed by atoms with Gasteiger partial charge in [-0.2, -0.15) is 0 Å². The van der Waals surface area contributed by atoms with E-state index in [0.29, 0.717) is 19.5 Å². The number of hydrogen-bond donors (Lipinski definition) is 3. The van der Waals surface area contributed by atoms with E-state index in [0.717, 1.165) is 25.7 Å². The minimum absolute atomic E-state index is 0.0369. The number of carbonyl (C=O) groups excluding carboxylic acids is 1. The van der Waals surface area contributed by atoms with E-state index in [4.69, 9.17) is 11.5 Å². The van der Waals surface area contributed by atoms with Gasteiger partial charge in [-0.25, -0.2) is 0 Å².